The molecule has 1 fully saturated rings. The molecule has 0 aromatic carbocycles. The maximum absolute atomic E-state index is 5.32. The van der Waals surface area contributed by atoms with Gasteiger partial charge in [0.2, 0.25) is 0 Å². The van der Waals surface area contributed by atoms with E-state index in [4.69, 9.17) is 9.73 Å². The molecule has 0 unspecified atom stereocenters. The van der Waals surface area contributed by atoms with Gasteiger partial charge in [-0.1, -0.05) is 19.8 Å². The second kappa shape index (κ2) is 12.1. The third kappa shape index (κ3) is 7.38. The van der Waals surface area contributed by atoms with Crippen LogP contribution in [-0.2, 0) is 17.7 Å². The predicted molar refractivity (Wildman–Crippen MR) is 117 cm³/mol. The molecule has 0 aliphatic heterocycles. The van der Waals surface area contributed by atoms with Crippen molar-refractivity contribution in [1.29, 1.82) is 0 Å². The van der Waals surface area contributed by atoms with Crippen molar-refractivity contribution >= 4 is 41.3 Å². The van der Waals surface area contributed by atoms with E-state index in [0.717, 1.165) is 43.5 Å². The molecule has 1 saturated carbocycles. The molecule has 1 aromatic heterocycles. The average Bonchev–Trinajstić information content (AvgIpc) is 3.25. The summed E-state index contributed by atoms with van der Waals surface area (Å²) in [6.07, 6.45) is 9.37. The number of nitrogens with one attached hydrogen (secondary N) is 2. The Labute approximate surface area is 173 Å². The Bertz CT molecular complexity index is 515. The normalized spacial score (nSPS) is 16.5. The first-order chi connectivity index (χ1) is 11.7. The van der Waals surface area contributed by atoms with E-state index in [2.05, 4.69) is 29.5 Å². The van der Waals surface area contributed by atoms with Crippen LogP contribution in [0.5, 0.6) is 0 Å². The fourth-order valence-corrected chi connectivity index (χ4v) is 4.09. The SMILES string of the molecule is CCNC(=NCc1ncc(CC)s1)NCC1(CCOC)CCCC1.I. The molecule has 1 heterocycles. The Morgan fingerprint density at radius 1 is 1.32 bits per heavy atom. The molecule has 1 aliphatic rings. The summed E-state index contributed by atoms with van der Waals surface area (Å²) in [5.74, 6) is 0.898. The van der Waals surface area contributed by atoms with Gasteiger partial charge in [0.15, 0.2) is 5.96 Å². The van der Waals surface area contributed by atoms with E-state index >= 15 is 0 Å². The highest BCUT2D eigenvalue weighted by Crippen LogP contribution is 2.40. The summed E-state index contributed by atoms with van der Waals surface area (Å²) >= 11 is 1.76. The number of aliphatic imine (C=N–C) groups is 1. The maximum Gasteiger partial charge on any atom is 0.191 e. The highest BCUT2D eigenvalue weighted by molar-refractivity contribution is 14.0. The van der Waals surface area contributed by atoms with E-state index in [1.807, 2.05) is 6.20 Å². The summed E-state index contributed by atoms with van der Waals surface area (Å²) in [4.78, 5) is 10.5. The minimum atomic E-state index is 0. The Kier molecular flexibility index (Phi) is 10.9. The molecule has 5 nitrogen and oxygen atoms in total. The van der Waals surface area contributed by atoms with E-state index < -0.39 is 0 Å². The van der Waals surface area contributed by atoms with Crippen LogP contribution in [0.4, 0.5) is 0 Å². The zero-order valence-corrected chi connectivity index (χ0v) is 18.9. The molecule has 2 rings (SSSR count). The monoisotopic (exact) mass is 480 g/mol. The van der Waals surface area contributed by atoms with Gasteiger partial charge in [-0.25, -0.2) is 9.98 Å². The standard InChI is InChI=1S/C18H32N4OS.HI/c1-4-15-12-20-16(24-15)13-21-17(19-5-2)22-14-18(10-11-23-3)8-6-7-9-18;/h12H,4-11,13-14H2,1-3H3,(H2,19,21,22);1H. The molecule has 0 atom stereocenters. The highest BCUT2D eigenvalue weighted by atomic mass is 127. The van der Waals surface area contributed by atoms with Gasteiger partial charge in [-0.15, -0.1) is 35.3 Å². The third-order valence-electron chi connectivity index (χ3n) is 4.80. The molecular formula is C18H33IN4OS. The first-order valence-electron chi connectivity index (χ1n) is 9.16. The zero-order valence-electron chi connectivity index (χ0n) is 15.8. The van der Waals surface area contributed by atoms with Crippen LogP contribution in [-0.4, -0.2) is 37.7 Å². The van der Waals surface area contributed by atoms with Gasteiger partial charge in [-0.3, -0.25) is 0 Å². The molecule has 0 spiro atoms. The van der Waals surface area contributed by atoms with Gasteiger partial charge in [0.25, 0.3) is 0 Å². The number of hydrogen-bond acceptors (Lipinski definition) is 4. The number of aryl methyl sites for hydroxylation is 1. The summed E-state index contributed by atoms with van der Waals surface area (Å²) in [5, 5.41) is 8.00. The molecule has 1 aliphatic carbocycles. The lowest BCUT2D eigenvalue weighted by Gasteiger charge is -2.29. The van der Waals surface area contributed by atoms with Crippen molar-refractivity contribution in [1.82, 2.24) is 15.6 Å². The molecule has 2 N–H and O–H groups in total. The van der Waals surface area contributed by atoms with Gasteiger partial charge in [-0.2, -0.15) is 0 Å². The van der Waals surface area contributed by atoms with Gasteiger partial charge in [-0.05, 0) is 38.0 Å². The van der Waals surface area contributed by atoms with Crippen molar-refractivity contribution in [2.75, 3.05) is 26.8 Å². The fourth-order valence-electron chi connectivity index (χ4n) is 3.30. The van der Waals surface area contributed by atoms with Crippen LogP contribution in [0.15, 0.2) is 11.2 Å². The summed E-state index contributed by atoms with van der Waals surface area (Å²) in [6, 6.07) is 0. The molecule has 0 bridgehead atoms. The maximum atomic E-state index is 5.32. The summed E-state index contributed by atoms with van der Waals surface area (Å²) in [6.45, 7) is 7.59. The summed E-state index contributed by atoms with van der Waals surface area (Å²) < 4.78 is 5.32. The van der Waals surface area contributed by atoms with Crippen molar-refractivity contribution in [2.24, 2.45) is 10.4 Å². The lowest BCUT2D eigenvalue weighted by molar-refractivity contribution is 0.138. The van der Waals surface area contributed by atoms with E-state index in [9.17, 15) is 0 Å². The molecular weight excluding hydrogens is 447 g/mol. The lowest BCUT2D eigenvalue weighted by Crippen LogP contribution is -2.43. The molecule has 1 aromatic rings. The van der Waals surface area contributed by atoms with Crippen molar-refractivity contribution in [2.45, 2.75) is 58.9 Å². The lowest BCUT2D eigenvalue weighted by atomic mass is 9.83. The van der Waals surface area contributed by atoms with Crippen LogP contribution in [0.2, 0.25) is 0 Å². The van der Waals surface area contributed by atoms with Crippen LogP contribution < -0.4 is 10.6 Å². The largest absolute Gasteiger partial charge is 0.385 e. The Hall–Kier alpha value is -0.410. The van der Waals surface area contributed by atoms with Gasteiger partial charge in [0, 0.05) is 37.9 Å². The highest BCUT2D eigenvalue weighted by Gasteiger charge is 2.33. The van der Waals surface area contributed by atoms with E-state index in [1.54, 1.807) is 18.4 Å². The zero-order chi connectivity index (χ0) is 17.3. The predicted octanol–water partition coefficient (Wildman–Crippen LogP) is 3.98. The van der Waals surface area contributed by atoms with E-state index in [0.29, 0.717) is 12.0 Å². The molecule has 25 heavy (non-hydrogen) atoms. The molecule has 144 valence electrons. The average molecular weight is 480 g/mol. The first kappa shape index (κ1) is 22.6. The third-order valence-corrected chi connectivity index (χ3v) is 5.92. The molecule has 0 saturated heterocycles. The van der Waals surface area contributed by atoms with Crippen LogP contribution in [0.1, 0.15) is 55.8 Å². The number of nitrogens with zero attached hydrogens (tertiary/aromatic N) is 2. The van der Waals surface area contributed by atoms with E-state index in [-0.39, 0.29) is 24.0 Å². The minimum Gasteiger partial charge on any atom is -0.385 e. The smallest absolute Gasteiger partial charge is 0.191 e. The topological polar surface area (TPSA) is 58.5 Å². The minimum absolute atomic E-state index is 0. The first-order valence-corrected chi connectivity index (χ1v) is 9.97. The van der Waals surface area contributed by atoms with Crippen molar-refractivity contribution < 1.29 is 4.74 Å². The number of thiazole rings is 1. The van der Waals surface area contributed by atoms with Crippen molar-refractivity contribution in [3.8, 4) is 0 Å². The number of halogens is 1. The van der Waals surface area contributed by atoms with Gasteiger partial charge >= 0.3 is 0 Å². The van der Waals surface area contributed by atoms with Gasteiger partial charge in [0.05, 0.1) is 6.54 Å². The Morgan fingerprint density at radius 2 is 2.08 bits per heavy atom. The molecule has 7 heteroatoms. The summed E-state index contributed by atoms with van der Waals surface area (Å²) in [7, 11) is 1.79. The number of rotatable bonds is 9. The van der Waals surface area contributed by atoms with Gasteiger partial charge < -0.3 is 15.4 Å². The fraction of sp³-hybridized carbons (Fsp3) is 0.778. The van der Waals surface area contributed by atoms with Crippen molar-refractivity contribution in [3.05, 3.63) is 16.1 Å². The summed E-state index contributed by atoms with van der Waals surface area (Å²) in [5.41, 5.74) is 0.364. The van der Waals surface area contributed by atoms with Crippen molar-refractivity contribution in [3.63, 3.8) is 0 Å². The number of aromatic nitrogens is 1. The molecule has 0 radical (unpaired) electrons. The second-order valence-electron chi connectivity index (χ2n) is 6.57. The number of guanidine groups is 1. The molecule has 0 amide bonds. The Morgan fingerprint density at radius 3 is 2.68 bits per heavy atom. The number of ether oxygens (including phenoxy) is 1. The van der Waals surface area contributed by atoms with Crippen LogP contribution in [0.3, 0.4) is 0 Å². The Balaban J connectivity index is 0.00000312. The van der Waals surface area contributed by atoms with Gasteiger partial charge in [0.1, 0.15) is 5.01 Å². The van der Waals surface area contributed by atoms with Crippen LogP contribution >= 0.6 is 35.3 Å². The van der Waals surface area contributed by atoms with Crippen LogP contribution in [0, 0.1) is 5.41 Å². The second-order valence-corrected chi connectivity index (χ2v) is 7.77. The quantitative estimate of drug-likeness (QED) is 0.319. The van der Waals surface area contributed by atoms with Crippen LogP contribution in [0.25, 0.3) is 0 Å². The number of hydrogen-bond donors (Lipinski definition) is 2. The van der Waals surface area contributed by atoms with E-state index in [1.165, 1.54) is 30.6 Å². The number of methoxy groups -OCH3 is 1.